The van der Waals surface area contributed by atoms with Crippen LogP contribution in [0.2, 0.25) is 0 Å². The van der Waals surface area contributed by atoms with Crippen LogP contribution >= 0.6 is 0 Å². The molecule has 140 valence electrons. The Morgan fingerprint density at radius 2 is 1.96 bits per heavy atom. The molecule has 1 saturated heterocycles. The Morgan fingerprint density at radius 3 is 2.44 bits per heavy atom. The van der Waals surface area contributed by atoms with Gasteiger partial charge in [-0.3, -0.25) is 9.10 Å². The van der Waals surface area contributed by atoms with E-state index >= 15 is 0 Å². The third kappa shape index (κ3) is 4.71. The van der Waals surface area contributed by atoms with E-state index in [0.29, 0.717) is 25.1 Å². The normalized spacial score (nSPS) is 18.2. The average Bonchev–Trinajstić information content (AvgIpc) is 2.90. The van der Waals surface area contributed by atoms with Gasteiger partial charge >= 0.3 is 5.97 Å². The summed E-state index contributed by atoms with van der Waals surface area (Å²) in [6.45, 7) is 2.25. The Hall–Kier alpha value is -1.65. The second-order valence-electron chi connectivity index (χ2n) is 5.89. The predicted molar refractivity (Wildman–Crippen MR) is 93.5 cm³/mol. The van der Waals surface area contributed by atoms with E-state index in [1.54, 1.807) is 0 Å². The van der Waals surface area contributed by atoms with Gasteiger partial charge in [0.1, 0.15) is 6.04 Å². The van der Waals surface area contributed by atoms with Gasteiger partial charge in [0.15, 0.2) is 0 Å². The van der Waals surface area contributed by atoms with Crippen LogP contribution in [-0.2, 0) is 24.8 Å². The molecule has 1 unspecified atom stereocenters. The number of carbonyl (C=O) groups is 1. The summed E-state index contributed by atoms with van der Waals surface area (Å²) in [7, 11) is -7.34. The van der Waals surface area contributed by atoms with Crippen molar-refractivity contribution in [3.05, 3.63) is 24.3 Å². The van der Waals surface area contributed by atoms with Gasteiger partial charge in [-0.15, -0.1) is 0 Å². The monoisotopic (exact) mass is 390 g/mol. The highest BCUT2D eigenvalue weighted by Gasteiger charge is 2.29. The highest BCUT2D eigenvalue weighted by atomic mass is 32.2. The number of carboxylic acid groups (broad SMARTS) is 1. The number of nitrogens with zero attached hydrogens (tertiary/aromatic N) is 1. The van der Waals surface area contributed by atoms with Crippen LogP contribution in [0, 0.1) is 0 Å². The molecule has 10 heteroatoms. The van der Waals surface area contributed by atoms with Crippen molar-refractivity contribution in [2.45, 2.75) is 43.5 Å². The maximum Gasteiger partial charge on any atom is 0.321 e. The number of carboxylic acids is 1. The molecule has 1 aromatic rings. The largest absolute Gasteiger partial charge is 0.480 e. The minimum Gasteiger partial charge on any atom is -0.480 e. The molecule has 0 bridgehead atoms. The molecule has 8 nitrogen and oxygen atoms in total. The van der Waals surface area contributed by atoms with Crippen molar-refractivity contribution in [3.63, 3.8) is 0 Å². The van der Waals surface area contributed by atoms with Crippen molar-refractivity contribution in [2.75, 3.05) is 16.6 Å². The molecular formula is C15H22N2O6S2. The van der Waals surface area contributed by atoms with Gasteiger partial charge in [0.2, 0.25) is 20.0 Å². The molecule has 0 aromatic heterocycles. The van der Waals surface area contributed by atoms with Crippen molar-refractivity contribution >= 4 is 31.7 Å². The van der Waals surface area contributed by atoms with Gasteiger partial charge in [0.05, 0.1) is 16.3 Å². The fraction of sp³-hybridized carbons (Fsp3) is 0.533. The number of benzene rings is 1. The standard InChI is InChI=1S/C15H22N2O6S2/c1-2-3-5-14(15(18)19)16-25(22,23)13-8-6-12(7-9-13)17-10-4-11-24(17,20)21/h6-9,14,16H,2-5,10-11H2,1H3,(H,18,19). The van der Waals surface area contributed by atoms with E-state index in [4.69, 9.17) is 5.11 Å². The molecule has 0 radical (unpaired) electrons. The average molecular weight is 390 g/mol. The lowest BCUT2D eigenvalue weighted by molar-refractivity contribution is -0.139. The zero-order valence-electron chi connectivity index (χ0n) is 13.9. The molecule has 1 aromatic carbocycles. The molecule has 2 rings (SSSR count). The summed E-state index contributed by atoms with van der Waals surface area (Å²) >= 11 is 0. The number of anilines is 1. The number of hydrogen-bond donors (Lipinski definition) is 2. The molecule has 0 saturated carbocycles. The third-order valence-corrected chi connectivity index (χ3v) is 7.33. The first-order chi connectivity index (χ1) is 11.7. The van der Waals surface area contributed by atoms with E-state index < -0.39 is 32.1 Å². The van der Waals surface area contributed by atoms with E-state index in [0.717, 1.165) is 6.42 Å². The van der Waals surface area contributed by atoms with Gasteiger partial charge in [-0.25, -0.2) is 16.8 Å². The third-order valence-electron chi connectivity index (χ3n) is 3.98. The highest BCUT2D eigenvalue weighted by molar-refractivity contribution is 7.93. The molecule has 1 heterocycles. The Morgan fingerprint density at radius 1 is 1.32 bits per heavy atom. The maximum absolute atomic E-state index is 12.4. The van der Waals surface area contributed by atoms with Crippen LogP contribution in [0.5, 0.6) is 0 Å². The smallest absolute Gasteiger partial charge is 0.321 e. The minimum absolute atomic E-state index is 0.0757. The number of sulfonamides is 2. The summed E-state index contributed by atoms with van der Waals surface area (Å²) in [4.78, 5) is 11.1. The van der Waals surface area contributed by atoms with Gasteiger partial charge < -0.3 is 5.11 Å². The molecule has 0 amide bonds. The molecule has 25 heavy (non-hydrogen) atoms. The van der Waals surface area contributed by atoms with Crippen molar-refractivity contribution in [2.24, 2.45) is 0 Å². The van der Waals surface area contributed by atoms with Gasteiger partial charge in [-0.1, -0.05) is 19.8 Å². The summed E-state index contributed by atoms with van der Waals surface area (Å²) in [6.07, 6.45) is 2.08. The second kappa shape index (κ2) is 7.71. The predicted octanol–water partition coefficient (Wildman–Crippen LogP) is 1.15. The van der Waals surface area contributed by atoms with Gasteiger partial charge in [-0.2, -0.15) is 4.72 Å². The summed E-state index contributed by atoms with van der Waals surface area (Å²) in [5, 5.41) is 9.16. The van der Waals surface area contributed by atoms with E-state index in [1.165, 1.54) is 28.6 Å². The quantitative estimate of drug-likeness (QED) is 0.687. The fourth-order valence-electron chi connectivity index (χ4n) is 2.62. The van der Waals surface area contributed by atoms with Gasteiger partial charge in [0.25, 0.3) is 0 Å². The lowest BCUT2D eigenvalue weighted by Gasteiger charge is -2.18. The fourth-order valence-corrected chi connectivity index (χ4v) is 5.41. The maximum atomic E-state index is 12.4. The summed E-state index contributed by atoms with van der Waals surface area (Å²) in [6, 6.07) is 4.20. The zero-order valence-corrected chi connectivity index (χ0v) is 15.5. The van der Waals surface area contributed by atoms with Crippen molar-refractivity contribution < 1.29 is 26.7 Å². The number of unbranched alkanes of at least 4 members (excludes halogenated alkanes) is 1. The molecule has 1 fully saturated rings. The van der Waals surface area contributed by atoms with Crippen LogP contribution in [0.4, 0.5) is 5.69 Å². The lowest BCUT2D eigenvalue weighted by Crippen LogP contribution is -2.40. The SMILES string of the molecule is CCCCC(NS(=O)(=O)c1ccc(N2CCCS2(=O)=O)cc1)C(=O)O. The van der Waals surface area contributed by atoms with Crippen LogP contribution in [0.15, 0.2) is 29.2 Å². The molecule has 1 aliphatic rings. The van der Waals surface area contributed by atoms with Crippen molar-refractivity contribution in [3.8, 4) is 0 Å². The zero-order chi connectivity index (χ0) is 18.7. The van der Waals surface area contributed by atoms with Crippen LogP contribution in [0.3, 0.4) is 0 Å². The molecule has 1 atom stereocenters. The van der Waals surface area contributed by atoms with Crippen LogP contribution in [0.25, 0.3) is 0 Å². The Bertz CT molecular complexity index is 818. The van der Waals surface area contributed by atoms with Crippen LogP contribution < -0.4 is 9.03 Å². The number of nitrogens with one attached hydrogen (secondary N) is 1. The Kier molecular flexibility index (Phi) is 6.07. The summed E-state index contributed by atoms with van der Waals surface area (Å²) < 4.78 is 52.0. The molecule has 2 N–H and O–H groups in total. The topological polar surface area (TPSA) is 121 Å². The van der Waals surface area contributed by atoms with Crippen molar-refractivity contribution in [1.82, 2.24) is 4.72 Å². The lowest BCUT2D eigenvalue weighted by atomic mass is 10.1. The number of rotatable bonds is 8. The summed E-state index contributed by atoms with van der Waals surface area (Å²) in [5.41, 5.74) is 0.400. The first-order valence-corrected chi connectivity index (χ1v) is 11.1. The van der Waals surface area contributed by atoms with Crippen LogP contribution in [-0.4, -0.2) is 46.3 Å². The number of hydrogen-bond acceptors (Lipinski definition) is 5. The molecular weight excluding hydrogens is 368 g/mol. The van der Waals surface area contributed by atoms with E-state index in [2.05, 4.69) is 4.72 Å². The van der Waals surface area contributed by atoms with Crippen LogP contribution in [0.1, 0.15) is 32.6 Å². The minimum atomic E-state index is -4.00. The molecule has 0 aliphatic carbocycles. The Labute approximate surface area is 147 Å². The Balaban J connectivity index is 2.18. The second-order valence-corrected chi connectivity index (χ2v) is 9.62. The molecule has 0 spiro atoms. The van der Waals surface area contributed by atoms with Gasteiger partial charge in [0, 0.05) is 6.54 Å². The first-order valence-electron chi connectivity index (χ1n) is 8.03. The van der Waals surface area contributed by atoms with E-state index in [-0.39, 0.29) is 17.1 Å². The molecule has 1 aliphatic heterocycles. The highest BCUT2D eigenvalue weighted by Crippen LogP contribution is 2.25. The van der Waals surface area contributed by atoms with E-state index in [1.807, 2.05) is 6.92 Å². The first kappa shape index (κ1) is 19.7. The van der Waals surface area contributed by atoms with E-state index in [9.17, 15) is 21.6 Å². The number of aliphatic carboxylic acids is 1. The van der Waals surface area contributed by atoms with Crippen molar-refractivity contribution in [1.29, 1.82) is 0 Å². The van der Waals surface area contributed by atoms with Gasteiger partial charge in [-0.05, 0) is 37.1 Å². The summed E-state index contributed by atoms with van der Waals surface area (Å²) in [5.74, 6) is -1.15.